The third-order valence-electron chi connectivity index (χ3n) is 5.87. The van der Waals surface area contributed by atoms with Crippen LogP contribution >= 0.6 is 11.6 Å². The standard InChI is InChI=1S/C25H25ClN6O/c1-16(33)29-18-8-6-17(7-9-18)14-32-11-10-19(15-32)30-25-28-13-22(26)24(31-25)21-12-27-23-5-3-2-4-20(21)23/h2-9,12-13,19,27H,10-11,14-15H2,1H3,(H,29,33)(H,28,30,31)/t19-/m1/s1. The van der Waals surface area contributed by atoms with Crippen molar-refractivity contribution in [2.45, 2.75) is 25.9 Å². The Bertz CT molecular complexity index is 1290. The summed E-state index contributed by atoms with van der Waals surface area (Å²) < 4.78 is 0. The zero-order chi connectivity index (χ0) is 22.8. The minimum atomic E-state index is -0.0616. The number of nitrogens with one attached hydrogen (secondary N) is 3. The molecule has 8 heteroatoms. The Morgan fingerprint density at radius 3 is 2.85 bits per heavy atom. The number of hydrogen-bond acceptors (Lipinski definition) is 5. The van der Waals surface area contributed by atoms with Crippen LogP contribution in [0.3, 0.4) is 0 Å². The van der Waals surface area contributed by atoms with E-state index in [4.69, 9.17) is 16.6 Å². The number of amides is 1. The first-order valence-electron chi connectivity index (χ1n) is 11.0. The summed E-state index contributed by atoms with van der Waals surface area (Å²) >= 11 is 6.46. The summed E-state index contributed by atoms with van der Waals surface area (Å²) in [6.45, 7) is 4.27. The smallest absolute Gasteiger partial charge is 0.223 e. The Labute approximate surface area is 197 Å². The molecule has 33 heavy (non-hydrogen) atoms. The van der Waals surface area contributed by atoms with Crippen molar-refractivity contribution in [3.63, 3.8) is 0 Å². The zero-order valence-electron chi connectivity index (χ0n) is 18.3. The average molecular weight is 461 g/mol. The number of likely N-dealkylation sites (tertiary alicyclic amines) is 1. The van der Waals surface area contributed by atoms with Gasteiger partial charge in [0.15, 0.2) is 0 Å². The third-order valence-corrected chi connectivity index (χ3v) is 6.15. The minimum absolute atomic E-state index is 0.0616. The van der Waals surface area contributed by atoms with E-state index in [0.29, 0.717) is 11.0 Å². The number of aromatic amines is 1. The van der Waals surface area contributed by atoms with Crippen molar-refractivity contribution < 1.29 is 4.79 Å². The van der Waals surface area contributed by atoms with Crippen LogP contribution in [0, 0.1) is 0 Å². The van der Waals surface area contributed by atoms with Gasteiger partial charge in [0, 0.05) is 61.0 Å². The summed E-state index contributed by atoms with van der Waals surface area (Å²) in [4.78, 5) is 26.0. The second-order valence-corrected chi connectivity index (χ2v) is 8.79. The predicted octanol–water partition coefficient (Wildman–Crippen LogP) is 4.92. The number of nitrogens with zero attached hydrogens (tertiary/aromatic N) is 3. The number of carbonyl (C=O) groups excluding carboxylic acids is 1. The zero-order valence-corrected chi connectivity index (χ0v) is 19.1. The molecule has 1 aliphatic rings. The molecule has 0 spiro atoms. The number of carbonyl (C=O) groups is 1. The second-order valence-electron chi connectivity index (χ2n) is 8.38. The summed E-state index contributed by atoms with van der Waals surface area (Å²) in [6.07, 6.45) is 4.62. The van der Waals surface area contributed by atoms with E-state index in [1.54, 1.807) is 6.20 Å². The highest BCUT2D eigenvalue weighted by Gasteiger charge is 2.23. The maximum Gasteiger partial charge on any atom is 0.223 e. The Balaban J connectivity index is 1.24. The number of rotatable bonds is 6. The van der Waals surface area contributed by atoms with E-state index in [9.17, 15) is 4.79 Å². The summed E-state index contributed by atoms with van der Waals surface area (Å²) in [5.74, 6) is 0.527. The highest BCUT2D eigenvalue weighted by molar-refractivity contribution is 6.33. The number of hydrogen-bond donors (Lipinski definition) is 3. The van der Waals surface area contributed by atoms with Gasteiger partial charge in [0.2, 0.25) is 11.9 Å². The molecule has 4 aromatic rings. The molecule has 168 valence electrons. The van der Waals surface area contributed by atoms with E-state index in [2.05, 4.69) is 43.7 Å². The van der Waals surface area contributed by atoms with Crippen molar-refractivity contribution in [1.29, 1.82) is 0 Å². The molecule has 1 fully saturated rings. The van der Waals surface area contributed by atoms with Gasteiger partial charge >= 0.3 is 0 Å². The number of H-pyrrole nitrogens is 1. The number of benzene rings is 2. The van der Waals surface area contributed by atoms with Crippen LogP contribution in [-0.2, 0) is 11.3 Å². The average Bonchev–Trinajstić information content (AvgIpc) is 3.43. The van der Waals surface area contributed by atoms with Gasteiger partial charge in [0.25, 0.3) is 0 Å². The maximum absolute atomic E-state index is 11.2. The summed E-state index contributed by atoms with van der Waals surface area (Å²) in [5.41, 5.74) is 4.78. The molecule has 1 aliphatic heterocycles. The largest absolute Gasteiger partial charge is 0.360 e. The lowest BCUT2D eigenvalue weighted by atomic mass is 10.1. The van der Waals surface area contributed by atoms with Gasteiger partial charge in [-0.15, -0.1) is 0 Å². The Morgan fingerprint density at radius 2 is 2.03 bits per heavy atom. The predicted molar refractivity (Wildman–Crippen MR) is 132 cm³/mol. The molecule has 0 bridgehead atoms. The SMILES string of the molecule is CC(=O)Nc1ccc(CN2CC[C@@H](Nc3ncc(Cl)c(-c4c[nH]c5ccccc45)n3)C2)cc1. The molecule has 0 radical (unpaired) electrons. The molecular weight excluding hydrogens is 436 g/mol. The highest BCUT2D eigenvalue weighted by atomic mass is 35.5. The number of para-hydroxylation sites is 1. The van der Waals surface area contributed by atoms with Crippen LogP contribution in [-0.4, -0.2) is 44.9 Å². The Kier molecular flexibility index (Phi) is 5.98. The molecule has 2 aromatic heterocycles. The van der Waals surface area contributed by atoms with Crippen LogP contribution in [0.2, 0.25) is 5.02 Å². The van der Waals surface area contributed by atoms with Crippen molar-refractivity contribution in [2.24, 2.45) is 0 Å². The van der Waals surface area contributed by atoms with Crippen LogP contribution in [0.15, 0.2) is 60.9 Å². The van der Waals surface area contributed by atoms with E-state index in [1.165, 1.54) is 12.5 Å². The second kappa shape index (κ2) is 9.21. The first kappa shape index (κ1) is 21.4. The summed E-state index contributed by atoms with van der Waals surface area (Å²) in [7, 11) is 0. The topological polar surface area (TPSA) is 85.9 Å². The van der Waals surface area contributed by atoms with Gasteiger partial charge in [0.1, 0.15) is 0 Å². The Hall–Kier alpha value is -3.42. The van der Waals surface area contributed by atoms with Crippen molar-refractivity contribution in [3.8, 4) is 11.3 Å². The van der Waals surface area contributed by atoms with Crippen LogP contribution in [0.4, 0.5) is 11.6 Å². The molecule has 0 saturated carbocycles. The van der Waals surface area contributed by atoms with Crippen molar-refractivity contribution in [2.75, 3.05) is 23.7 Å². The monoisotopic (exact) mass is 460 g/mol. The molecule has 0 unspecified atom stereocenters. The summed E-state index contributed by atoms with van der Waals surface area (Å²) in [6, 6.07) is 16.4. The van der Waals surface area contributed by atoms with Crippen molar-refractivity contribution >= 4 is 40.0 Å². The van der Waals surface area contributed by atoms with Crippen molar-refractivity contribution in [1.82, 2.24) is 19.9 Å². The lowest BCUT2D eigenvalue weighted by Gasteiger charge is -2.17. The number of fused-ring (bicyclic) bond motifs is 1. The van der Waals surface area contributed by atoms with Gasteiger partial charge in [-0.1, -0.05) is 41.9 Å². The quantitative estimate of drug-likeness (QED) is 0.380. The van der Waals surface area contributed by atoms with E-state index in [0.717, 1.165) is 53.9 Å². The third kappa shape index (κ3) is 4.84. The van der Waals surface area contributed by atoms with Gasteiger partial charge in [-0.25, -0.2) is 9.97 Å². The fraction of sp³-hybridized carbons (Fsp3) is 0.240. The van der Waals surface area contributed by atoms with Crippen LogP contribution in [0.1, 0.15) is 18.9 Å². The number of halogens is 1. The molecule has 5 rings (SSSR count). The molecule has 2 aromatic carbocycles. The first-order chi connectivity index (χ1) is 16.0. The van der Waals surface area contributed by atoms with E-state index in [1.807, 2.05) is 36.5 Å². The lowest BCUT2D eigenvalue weighted by molar-refractivity contribution is -0.114. The molecule has 7 nitrogen and oxygen atoms in total. The van der Waals surface area contributed by atoms with Crippen LogP contribution in [0.25, 0.3) is 22.2 Å². The Morgan fingerprint density at radius 1 is 1.21 bits per heavy atom. The first-order valence-corrected chi connectivity index (χ1v) is 11.4. The molecule has 3 N–H and O–H groups in total. The van der Waals surface area contributed by atoms with E-state index in [-0.39, 0.29) is 11.9 Å². The number of aromatic nitrogens is 3. The lowest BCUT2D eigenvalue weighted by Crippen LogP contribution is -2.26. The summed E-state index contributed by atoms with van der Waals surface area (Å²) in [5, 5.41) is 7.90. The van der Waals surface area contributed by atoms with Crippen molar-refractivity contribution in [3.05, 3.63) is 71.5 Å². The normalized spacial score (nSPS) is 16.2. The number of anilines is 2. The van der Waals surface area contributed by atoms with Gasteiger partial charge in [-0.05, 0) is 30.2 Å². The minimum Gasteiger partial charge on any atom is -0.360 e. The molecule has 1 saturated heterocycles. The van der Waals surface area contributed by atoms with Crippen LogP contribution < -0.4 is 10.6 Å². The maximum atomic E-state index is 11.2. The molecule has 0 aliphatic carbocycles. The molecule has 1 atom stereocenters. The van der Waals surface area contributed by atoms with Gasteiger partial charge in [-0.2, -0.15) is 0 Å². The van der Waals surface area contributed by atoms with Gasteiger partial charge < -0.3 is 15.6 Å². The molecule has 3 heterocycles. The van der Waals surface area contributed by atoms with Gasteiger partial charge in [0.05, 0.1) is 16.9 Å². The van der Waals surface area contributed by atoms with Crippen LogP contribution in [0.5, 0.6) is 0 Å². The van der Waals surface area contributed by atoms with Gasteiger partial charge in [-0.3, -0.25) is 9.69 Å². The molecule has 1 amide bonds. The van der Waals surface area contributed by atoms with E-state index < -0.39 is 0 Å². The molecular formula is C25H25ClN6O. The van der Waals surface area contributed by atoms with E-state index >= 15 is 0 Å². The fourth-order valence-electron chi connectivity index (χ4n) is 4.32. The fourth-order valence-corrected chi connectivity index (χ4v) is 4.52. The highest BCUT2D eigenvalue weighted by Crippen LogP contribution is 2.32.